The smallest absolute Gasteiger partial charge is 0.0716 e. The van der Waals surface area contributed by atoms with E-state index in [1.54, 1.807) is 30.6 Å². The summed E-state index contributed by atoms with van der Waals surface area (Å²) in [6.45, 7) is 2.52. The molecule has 0 radical (unpaired) electrons. The highest BCUT2D eigenvalue weighted by molar-refractivity contribution is 5.87. The maximum atomic E-state index is 10.8. The Balaban J connectivity index is 2.14. The minimum Gasteiger partial charge on any atom is -0.545 e. The van der Waals surface area contributed by atoms with Gasteiger partial charge < -0.3 is 15.2 Å². The van der Waals surface area contributed by atoms with E-state index < -0.39 is 5.97 Å². The quantitative estimate of drug-likeness (QED) is 0.878. The summed E-state index contributed by atoms with van der Waals surface area (Å²) in [5, 5.41) is 14.0. The number of rotatable bonds is 4. The molecule has 0 aliphatic rings. The van der Waals surface area contributed by atoms with Gasteiger partial charge in [-0.1, -0.05) is 18.2 Å². The van der Waals surface area contributed by atoms with Gasteiger partial charge in [0.25, 0.3) is 0 Å². The Morgan fingerprint density at radius 3 is 2.89 bits per heavy atom. The minimum atomic E-state index is -1.17. The average Bonchev–Trinajstić information content (AvgIpc) is 2.38. The predicted molar refractivity (Wildman–Crippen MR) is 67.1 cm³/mol. The number of carboxylic acids is 1. The number of benzene rings is 1. The molecule has 0 aliphatic carbocycles. The van der Waals surface area contributed by atoms with Gasteiger partial charge in [-0.3, -0.25) is 4.98 Å². The van der Waals surface area contributed by atoms with Crippen molar-refractivity contribution in [3.63, 3.8) is 0 Å². The first-order valence-corrected chi connectivity index (χ1v) is 5.61. The number of aromatic carboxylic acids is 1. The maximum Gasteiger partial charge on any atom is 0.0716 e. The summed E-state index contributed by atoms with van der Waals surface area (Å²) in [6, 6.07) is 8.71. The van der Waals surface area contributed by atoms with Gasteiger partial charge in [0.05, 0.1) is 5.97 Å². The van der Waals surface area contributed by atoms with Crippen LogP contribution >= 0.6 is 0 Å². The lowest BCUT2D eigenvalue weighted by Crippen LogP contribution is -2.22. The topological polar surface area (TPSA) is 65.0 Å². The van der Waals surface area contributed by atoms with Crippen molar-refractivity contribution in [1.29, 1.82) is 0 Å². The van der Waals surface area contributed by atoms with Crippen molar-refractivity contribution >= 4 is 11.7 Å². The number of carbonyl (C=O) groups is 1. The maximum absolute atomic E-state index is 10.8. The number of anilines is 1. The Hall–Kier alpha value is -2.36. The third-order valence-electron chi connectivity index (χ3n) is 2.68. The van der Waals surface area contributed by atoms with Gasteiger partial charge in [-0.05, 0) is 35.7 Å². The largest absolute Gasteiger partial charge is 0.545 e. The molecule has 92 valence electrons. The fourth-order valence-corrected chi connectivity index (χ4v) is 1.64. The summed E-state index contributed by atoms with van der Waals surface area (Å²) < 4.78 is 0. The molecule has 2 aromatic rings. The third-order valence-corrected chi connectivity index (χ3v) is 2.68. The van der Waals surface area contributed by atoms with Gasteiger partial charge in [-0.15, -0.1) is 0 Å². The van der Waals surface area contributed by atoms with Gasteiger partial charge in [0, 0.05) is 24.6 Å². The second kappa shape index (κ2) is 5.31. The van der Waals surface area contributed by atoms with Crippen molar-refractivity contribution in [1.82, 2.24) is 4.98 Å². The Kier molecular flexibility index (Phi) is 3.57. The fourth-order valence-electron chi connectivity index (χ4n) is 1.64. The van der Waals surface area contributed by atoms with Gasteiger partial charge in [0.15, 0.2) is 0 Å². The molecule has 1 aromatic heterocycles. The van der Waals surface area contributed by atoms with Gasteiger partial charge >= 0.3 is 0 Å². The van der Waals surface area contributed by atoms with Crippen molar-refractivity contribution in [2.45, 2.75) is 13.5 Å². The Morgan fingerprint density at radius 2 is 2.22 bits per heavy atom. The van der Waals surface area contributed by atoms with E-state index in [0.717, 1.165) is 16.8 Å². The lowest BCUT2D eigenvalue weighted by atomic mass is 10.1. The highest BCUT2D eigenvalue weighted by Gasteiger charge is 2.01. The highest BCUT2D eigenvalue weighted by Crippen LogP contribution is 2.17. The Labute approximate surface area is 105 Å². The standard InChI is InChI=1S/C14H14N2O2/c1-10-4-5-12(14(17)18)7-13(10)16-9-11-3-2-6-15-8-11/h2-8,16H,9H2,1H3,(H,17,18)/p-1. The predicted octanol–water partition coefficient (Wildman–Crippen LogP) is 1.37. The number of hydrogen-bond donors (Lipinski definition) is 1. The first kappa shape index (κ1) is 12.1. The van der Waals surface area contributed by atoms with Crippen LogP contribution in [0.2, 0.25) is 0 Å². The van der Waals surface area contributed by atoms with Crippen LogP contribution in [0.25, 0.3) is 0 Å². The average molecular weight is 241 g/mol. The number of hydrogen-bond acceptors (Lipinski definition) is 4. The molecule has 1 heterocycles. The summed E-state index contributed by atoms with van der Waals surface area (Å²) in [5.41, 5.74) is 2.99. The van der Waals surface area contributed by atoms with Crippen molar-refractivity contribution in [3.05, 3.63) is 59.4 Å². The zero-order chi connectivity index (χ0) is 13.0. The van der Waals surface area contributed by atoms with E-state index in [-0.39, 0.29) is 5.56 Å². The van der Waals surface area contributed by atoms with Crippen LogP contribution in [0.1, 0.15) is 21.5 Å². The van der Waals surface area contributed by atoms with E-state index in [0.29, 0.717) is 6.54 Å². The monoisotopic (exact) mass is 241 g/mol. The fraction of sp³-hybridized carbons (Fsp3) is 0.143. The van der Waals surface area contributed by atoms with E-state index in [2.05, 4.69) is 10.3 Å². The van der Waals surface area contributed by atoms with Crippen molar-refractivity contribution in [2.24, 2.45) is 0 Å². The molecule has 0 fully saturated rings. The van der Waals surface area contributed by atoms with E-state index in [1.165, 1.54) is 0 Å². The molecule has 0 saturated heterocycles. The lowest BCUT2D eigenvalue weighted by molar-refractivity contribution is -0.255. The molecule has 4 nitrogen and oxygen atoms in total. The van der Waals surface area contributed by atoms with Crippen molar-refractivity contribution < 1.29 is 9.90 Å². The van der Waals surface area contributed by atoms with E-state index in [4.69, 9.17) is 0 Å². The van der Waals surface area contributed by atoms with Crippen LogP contribution in [-0.4, -0.2) is 11.0 Å². The molecule has 1 aromatic carbocycles. The summed E-state index contributed by atoms with van der Waals surface area (Å²) in [7, 11) is 0. The van der Waals surface area contributed by atoms with Crippen LogP contribution < -0.4 is 10.4 Å². The molecule has 2 rings (SSSR count). The molecule has 0 unspecified atom stereocenters. The molecule has 0 spiro atoms. The second-order valence-electron chi connectivity index (χ2n) is 4.03. The molecule has 0 saturated carbocycles. The van der Waals surface area contributed by atoms with Crippen LogP contribution in [-0.2, 0) is 6.54 Å². The molecule has 1 N–H and O–H groups in total. The number of nitrogens with zero attached hydrogens (tertiary/aromatic N) is 1. The van der Waals surface area contributed by atoms with Crippen LogP contribution in [0.15, 0.2) is 42.7 Å². The number of nitrogens with one attached hydrogen (secondary N) is 1. The Bertz CT molecular complexity index is 553. The lowest BCUT2D eigenvalue weighted by Gasteiger charge is -2.12. The molecular weight excluding hydrogens is 228 g/mol. The molecule has 4 heteroatoms. The zero-order valence-corrected chi connectivity index (χ0v) is 10.0. The molecular formula is C14H13N2O2-. The third kappa shape index (κ3) is 2.85. The van der Waals surface area contributed by atoms with Crippen molar-refractivity contribution in [2.75, 3.05) is 5.32 Å². The van der Waals surface area contributed by atoms with Gasteiger partial charge in [0.2, 0.25) is 0 Å². The normalized spacial score (nSPS) is 10.1. The van der Waals surface area contributed by atoms with E-state index >= 15 is 0 Å². The first-order chi connectivity index (χ1) is 8.66. The number of aromatic nitrogens is 1. The summed E-state index contributed by atoms with van der Waals surface area (Å²) in [4.78, 5) is 14.8. The highest BCUT2D eigenvalue weighted by atomic mass is 16.4. The van der Waals surface area contributed by atoms with Crippen LogP contribution in [0.3, 0.4) is 0 Å². The zero-order valence-electron chi connectivity index (χ0n) is 10.0. The van der Waals surface area contributed by atoms with Crippen LogP contribution in [0.4, 0.5) is 5.69 Å². The molecule has 0 aliphatic heterocycles. The van der Waals surface area contributed by atoms with E-state index in [1.807, 2.05) is 19.1 Å². The second-order valence-corrected chi connectivity index (χ2v) is 4.03. The number of carboxylic acid groups (broad SMARTS) is 1. The minimum absolute atomic E-state index is 0.175. The van der Waals surface area contributed by atoms with Crippen LogP contribution in [0, 0.1) is 6.92 Å². The first-order valence-electron chi connectivity index (χ1n) is 5.61. The SMILES string of the molecule is Cc1ccc(C(=O)[O-])cc1NCc1cccnc1. The number of aryl methyl sites for hydroxylation is 1. The van der Waals surface area contributed by atoms with Crippen LogP contribution in [0.5, 0.6) is 0 Å². The van der Waals surface area contributed by atoms with Crippen molar-refractivity contribution in [3.8, 4) is 0 Å². The molecule has 18 heavy (non-hydrogen) atoms. The number of carbonyl (C=O) groups excluding carboxylic acids is 1. The Morgan fingerprint density at radius 1 is 1.39 bits per heavy atom. The summed E-state index contributed by atoms with van der Waals surface area (Å²) >= 11 is 0. The molecule has 0 bridgehead atoms. The van der Waals surface area contributed by atoms with Gasteiger partial charge in [-0.25, -0.2) is 0 Å². The van der Waals surface area contributed by atoms with E-state index in [9.17, 15) is 9.90 Å². The number of pyridine rings is 1. The molecule has 0 atom stereocenters. The molecule has 0 amide bonds. The summed E-state index contributed by atoms with van der Waals surface area (Å²) in [5.74, 6) is -1.17. The van der Waals surface area contributed by atoms with Gasteiger partial charge in [-0.2, -0.15) is 0 Å². The summed E-state index contributed by atoms with van der Waals surface area (Å²) in [6.07, 6.45) is 3.48. The van der Waals surface area contributed by atoms with Gasteiger partial charge in [0.1, 0.15) is 0 Å².